The molecule has 2 aromatic carbocycles. The number of aromatic hydroxyl groups is 1. The number of thiazole rings is 1. The number of β-amino-alcohol motifs (C(OH)–C–C–N with tert-alkyl or cyclic N) is 1. The van der Waals surface area contributed by atoms with E-state index in [9.17, 15) is 19.8 Å². The number of aromatic nitrogens is 1. The quantitative estimate of drug-likeness (QED) is 0.553. The molecule has 0 spiro atoms. The Hall–Kier alpha value is -3.23. The molecule has 32 heavy (non-hydrogen) atoms. The largest absolute Gasteiger partial charge is 0.508 e. The van der Waals surface area contributed by atoms with Crippen LogP contribution in [0.4, 0.5) is 0 Å². The molecule has 0 radical (unpaired) electrons. The number of hydrogen-bond donors (Lipinski definition) is 3. The minimum Gasteiger partial charge on any atom is -0.508 e. The highest BCUT2D eigenvalue weighted by atomic mass is 32.1. The molecule has 7 nitrogen and oxygen atoms in total. The van der Waals surface area contributed by atoms with Gasteiger partial charge in [0.25, 0.3) is 5.91 Å². The second kappa shape index (κ2) is 9.10. The van der Waals surface area contributed by atoms with E-state index < -0.39 is 12.1 Å². The summed E-state index contributed by atoms with van der Waals surface area (Å²) in [6.45, 7) is 4.03. The summed E-state index contributed by atoms with van der Waals surface area (Å²) in [4.78, 5) is 32.7. The Morgan fingerprint density at radius 2 is 1.94 bits per heavy atom. The van der Waals surface area contributed by atoms with Gasteiger partial charge in [-0.2, -0.15) is 0 Å². The number of nitrogens with zero attached hydrogens (tertiary/aromatic N) is 2. The Kier molecular flexibility index (Phi) is 6.25. The van der Waals surface area contributed by atoms with Gasteiger partial charge in [-0.25, -0.2) is 4.98 Å². The van der Waals surface area contributed by atoms with Crippen LogP contribution in [0.15, 0.2) is 48.0 Å². The van der Waals surface area contributed by atoms with E-state index in [1.165, 1.54) is 11.0 Å². The molecule has 1 aliphatic heterocycles. The van der Waals surface area contributed by atoms with Gasteiger partial charge in [-0.05, 0) is 37.1 Å². The Bertz CT molecular complexity index is 1140. The van der Waals surface area contributed by atoms with Crippen molar-refractivity contribution < 1.29 is 19.8 Å². The van der Waals surface area contributed by atoms with Gasteiger partial charge in [-0.15, -0.1) is 11.3 Å². The number of phenols is 1. The van der Waals surface area contributed by atoms with E-state index in [1.807, 2.05) is 36.7 Å². The summed E-state index contributed by atoms with van der Waals surface area (Å²) in [6, 6.07) is 11.9. The molecular weight excluding hydrogens is 426 g/mol. The first kappa shape index (κ1) is 22.0. The molecule has 0 saturated carbocycles. The van der Waals surface area contributed by atoms with Gasteiger partial charge in [0.1, 0.15) is 11.8 Å². The van der Waals surface area contributed by atoms with E-state index in [2.05, 4.69) is 10.3 Å². The maximum Gasteiger partial charge on any atom is 0.255 e. The minimum atomic E-state index is -0.769. The second-order valence-corrected chi connectivity index (χ2v) is 8.85. The van der Waals surface area contributed by atoms with Crippen molar-refractivity contribution >= 4 is 23.2 Å². The molecule has 3 N–H and O–H groups in total. The Morgan fingerprint density at radius 1 is 1.19 bits per heavy atom. The predicted molar refractivity (Wildman–Crippen MR) is 122 cm³/mol. The standard InChI is InChI=1S/C24H25N3O4S/c1-14-19(4-3-5-21(14)29)24(31)27-12-18(28)10-20(27)23(30)25-11-16-6-8-17(9-7-16)22-15(2)26-13-32-22/h3-9,13,18,20,28-29H,10-12H2,1-2H3,(H,25,30)/t18?,20-/m0/s1. The van der Waals surface area contributed by atoms with Crippen molar-refractivity contribution in [1.29, 1.82) is 0 Å². The molecular formula is C24H25N3O4S. The van der Waals surface area contributed by atoms with Crippen LogP contribution in [0, 0.1) is 13.8 Å². The van der Waals surface area contributed by atoms with Crippen molar-refractivity contribution in [3.63, 3.8) is 0 Å². The van der Waals surface area contributed by atoms with E-state index in [1.54, 1.807) is 30.4 Å². The number of aliphatic hydroxyl groups excluding tert-OH is 1. The number of aliphatic hydroxyl groups is 1. The number of amides is 2. The smallest absolute Gasteiger partial charge is 0.255 e. The van der Waals surface area contributed by atoms with Crippen LogP contribution in [0.2, 0.25) is 0 Å². The van der Waals surface area contributed by atoms with Crippen molar-refractivity contribution in [2.45, 2.75) is 39.0 Å². The molecule has 166 valence electrons. The SMILES string of the molecule is Cc1ncsc1-c1ccc(CNC(=O)[C@@H]2CC(O)CN2C(=O)c2cccc(O)c2C)cc1. The molecule has 0 bridgehead atoms. The lowest BCUT2D eigenvalue weighted by Crippen LogP contribution is -2.45. The number of carbonyl (C=O) groups excluding carboxylic acids is 2. The molecule has 1 aromatic heterocycles. The third-order valence-corrected chi connectivity index (χ3v) is 6.78. The monoisotopic (exact) mass is 451 g/mol. The summed E-state index contributed by atoms with van der Waals surface area (Å²) in [5.41, 5.74) is 5.60. The van der Waals surface area contributed by atoms with Crippen LogP contribution in [0.1, 0.15) is 33.6 Å². The molecule has 8 heteroatoms. The van der Waals surface area contributed by atoms with Crippen molar-refractivity contribution in [2.75, 3.05) is 6.54 Å². The molecule has 1 saturated heterocycles. The van der Waals surface area contributed by atoms with E-state index in [0.717, 1.165) is 21.7 Å². The highest BCUT2D eigenvalue weighted by Gasteiger charge is 2.39. The van der Waals surface area contributed by atoms with Crippen LogP contribution in [0.25, 0.3) is 10.4 Å². The molecule has 3 aromatic rings. The number of nitrogens with one attached hydrogen (secondary N) is 1. The van der Waals surface area contributed by atoms with Crippen molar-refractivity contribution in [3.8, 4) is 16.2 Å². The number of carbonyl (C=O) groups is 2. The van der Waals surface area contributed by atoms with Gasteiger partial charge in [0.05, 0.1) is 22.2 Å². The molecule has 0 aliphatic carbocycles. The van der Waals surface area contributed by atoms with Crippen molar-refractivity contribution in [1.82, 2.24) is 15.2 Å². The van der Waals surface area contributed by atoms with E-state index in [-0.39, 0.29) is 30.5 Å². The molecule has 1 aliphatic rings. The summed E-state index contributed by atoms with van der Waals surface area (Å²) >= 11 is 1.59. The Morgan fingerprint density at radius 3 is 2.62 bits per heavy atom. The summed E-state index contributed by atoms with van der Waals surface area (Å²) in [5.74, 6) is -0.664. The first-order chi connectivity index (χ1) is 15.3. The summed E-state index contributed by atoms with van der Waals surface area (Å²) in [6.07, 6.45) is -0.590. The number of hydrogen-bond acceptors (Lipinski definition) is 6. The van der Waals surface area contributed by atoms with Crippen LogP contribution < -0.4 is 5.32 Å². The van der Waals surface area contributed by atoms with Crippen molar-refractivity contribution in [2.24, 2.45) is 0 Å². The van der Waals surface area contributed by atoms with E-state index >= 15 is 0 Å². The summed E-state index contributed by atoms with van der Waals surface area (Å²) < 4.78 is 0. The third-order valence-electron chi connectivity index (χ3n) is 5.81. The van der Waals surface area contributed by atoms with Gasteiger partial charge in [0.15, 0.2) is 0 Å². The topological polar surface area (TPSA) is 103 Å². The Labute approximate surface area is 190 Å². The lowest BCUT2D eigenvalue weighted by Gasteiger charge is -2.24. The number of aryl methyl sites for hydroxylation is 1. The minimum absolute atomic E-state index is 0.0218. The fourth-order valence-electron chi connectivity index (χ4n) is 3.96. The lowest BCUT2D eigenvalue weighted by molar-refractivity contribution is -0.125. The number of benzene rings is 2. The molecule has 4 rings (SSSR count). The molecule has 1 unspecified atom stereocenters. The van der Waals surface area contributed by atoms with Gasteiger partial charge in [-0.3, -0.25) is 9.59 Å². The zero-order valence-corrected chi connectivity index (χ0v) is 18.7. The zero-order chi connectivity index (χ0) is 22.8. The van der Waals surface area contributed by atoms with Crippen molar-refractivity contribution in [3.05, 3.63) is 70.4 Å². The number of likely N-dealkylation sites (tertiary alicyclic amines) is 1. The van der Waals surface area contributed by atoms with Crippen LogP contribution in [-0.4, -0.2) is 50.6 Å². The van der Waals surface area contributed by atoms with Gasteiger partial charge in [-0.1, -0.05) is 30.3 Å². The van der Waals surface area contributed by atoms with Gasteiger partial charge >= 0.3 is 0 Å². The summed E-state index contributed by atoms with van der Waals surface area (Å²) in [7, 11) is 0. The average Bonchev–Trinajstić information content (AvgIpc) is 3.39. The average molecular weight is 452 g/mol. The highest BCUT2D eigenvalue weighted by Crippen LogP contribution is 2.28. The second-order valence-electron chi connectivity index (χ2n) is 7.99. The van der Waals surface area contributed by atoms with Gasteiger partial charge in [0, 0.05) is 30.6 Å². The third kappa shape index (κ3) is 4.37. The van der Waals surface area contributed by atoms with Gasteiger partial charge < -0.3 is 20.4 Å². The van der Waals surface area contributed by atoms with E-state index in [4.69, 9.17) is 0 Å². The summed E-state index contributed by atoms with van der Waals surface area (Å²) in [5, 5.41) is 22.9. The van der Waals surface area contributed by atoms with Crippen LogP contribution in [0.5, 0.6) is 5.75 Å². The van der Waals surface area contributed by atoms with Crippen LogP contribution >= 0.6 is 11.3 Å². The molecule has 1 fully saturated rings. The first-order valence-electron chi connectivity index (χ1n) is 10.4. The first-order valence-corrected chi connectivity index (χ1v) is 11.3. The molecule has 2 atom stereocenters. The fourth-order valence-corrected chi connectivity index (χ4v) is 4.77. The van der Waals surface area contributed by atoms with Gasteiger partial charge in [0.2, 0.25) is 5.91 Å². The van der Waals surface area contributed by atoms with E-state index in [0.29, 0.717) is 17.7 Å². The lowest BCUT2D eigenvalue weighted by atomic mass is 10.1. The highest BCUT2D eigenvalue weighted by molar-refractivity contribution is 7.13. The molecule has 2 amide bonds. The zero-order valence-electron chi connectivity index (χ0n) is 17.9. The maximum atomic E-state index is 13.1. The number of rotatable bonds is 5. The normalized spacial score (nSPS) is 18.0. The predicted octanol–water partition coefficient (Wildman–Crippen LogP) is 3.02. The van der Waals surface area contributed by atoms with Crippen LogP contribution in [-0.2, 0) is 11.3 Å². The number of phenolic OH excluding ortho intramolecular Hbond substituents is 1. The fraction of sp³-hybridized carbons (Fsp3) is 0.292. The molecule has 2 heterocycles. The Balaban J connectivity index is 1.43. The van der Waals surface area contributed by atoms with Crippen LogP contribution in [0.3, 0.4) is 0 Å². The maximum absolute atomic E-state index is 13.1.